The van der Waals surface area contributed by atoms with Gasteiger partial charge in [-0.05, 0) is 42.5 Å². The van der Waals surface area contributed by atoms with Gasteiger partial charge in [0.15, 0.2) is 0 Å². The Balaban J connectivity index is 1.52. The Morgan fingerprint density at radius 3 is 2.42 bits per heavy atom. The second kappa shape index (κ2) is 7.41. The molecule has 1 aromatic carbocycles. The fourth-order valence-corrected chi connectivity index (χ4v) is 5.35. The highest BCUT2D eigenvalue weighted by Crippen LogP contribution is 2.36. The van der Waals surface area contributed by atoms with Crippen LogP contribution < -0.4 is 0 Å². The molecule has 0 unspecified atom stereocenters. The van der Waals surface area contributed by atoms with Crippen LogP contribution in [0.4, 0.5) is 0 Å². The van der Waals surface area contributed by atoms with Crippen LogP contribution >= 0.6 is 11.8 Å². The molecule has 0 N–H and O–H groups in total. The van der Waals surface area contributed by atoms with Crippen LogP contribution in [0, 0.1) is 0 Å². The van der Waals surface area contributed by atoms with E-state index in [1.807, 2.05) is 32.4 Å². The van der Waals surface area contributed by atoms with E-state index < -0.39 is 0 Å². The van der Waals surface area contributed by atoms with Crippen LogP contribution in [0.1, 0.15) is 17.5 Å². The second-order valence-electron chi connectivity index (χ2n) is 7.42. The lowest BCUT2D eigenvalue weighted by Crippen LogP contribution is -2.47. The first kappa shape index (κ1) is 17.6. The van der Waals surface area contributed by atoms with Crippen molar-refractivity contribution in [3.05, 3.63) is 59.8 Å². The van der Waals surface area contributed by atoms with Crippen molar-refractivity contribution in [3.8, 4) is 0 Å². The number of likely N-dealkylation sites (tertiary alicyclic amines) is 1. The van der Waals surface area contributed by atoms with E-state index in [4.69, 9.17) is 0 Å². The first-order chi connectivity index (χ1) is 12.6. The molecule has 0 bridgehead atoms. The van der Waals surface area contributed by atoms with Gasteiger partial charge in [-0.2, -0.15) is 0 Å². The standard InChI is InChI=1S/C21H25N3OS/c1-23(2)21(25)19-13-18(26-20-9-5-6-10-22-20)14-24(19)17-11-15-7-3-4-8-16(15)12-17/h3-10,17-19H,11-14H2,1-2H3/t18-,19+/m1/s1. The quantitative estimate of drug-likeness (QED) is 0.833. The number of nitrogens with zero attached hydrogens (tertiary/aromatic N) is 3. The lowest BCUT2D eigenvalue weighted by molar-refractivity contribution is -0.134. The molecule has 0 spiro atoms. The fraction of sp³-hybridized carbons (Fsp3) is 0.429. The Morgan fingerprint density at radius 2 is 1.81 bits per heavy atom. The van der Waals surface area contributed by atoms with Crippen molar-refractivity contribution in [1.82, 2.24) is 14.8 Å². The maximum Gasteiger partial charge on any atom is 0.239 e. The molecule has 2 aromatic rings. The predicted octanol–water partition coefficient (Wildman–Crippen LogP) is 2.87. The SMILES string of the molecule is CN(C)C(=O)[C@@H]1C[C@@H](Sc2ccccn2)CN1C1Cc2ccccc2C1. The fourth-order valence-electron chi connectivity index (χ4n) is 4.21. The number of aromatic nitrogens is 1. The van der Waals surface area contributed by atoms with Gasteiger partial charge >= 0.3 is 0 Å². The number of fused-ring (bicyclic) bond motifs is 1. The molecule has 2 aliphatic rings. The third kappa shape index (κ3) is 3.51. The Hall–Kier alpha value is -1.85. The van der Waals surface area contributed by atoms with Crippen LogP contribution in [0.5, 0.6) is 0 Å². The van der Waals surface area contributed by atoms with Gasteiger partial charge in [0.25, 0.3) is 0 Å². The van der Waals surface area contributed by atoms with Gasteiger partial charge < -0.3 is 4.90 Å². The smallest absolute Gasteiger partial charge is 0.239 e. The van der Waals surface area contributed by atoms with E-state index in [0.29, 0.717) is 11.3 Å². The highest BCUT2D eigenvalue weighted by molar-refractivity contribution is 7.99. The number of benzene rings is 1. The average molecular weight is 368 g/mol. The van der Waals surface area contributed by atoms with Crippen LogP contribution in [0.2, 0.25) is 0 Å². The van der Waals surface area contributed by atoms with Crippen LogP contribution in [0.15, 0.2) is 53.7 Å². The maximum atomic E-state index is 12.8. The first-order valence-corrected chi connectivity index (χ1v) is 10.1. The summed E-state index contributed by atoms with van der Waals surface area (Å²) in [5, 5.41) is 1.45. The van der Waals surface area contributed by atoms with Crippen molar-refractivity contribution in [1.29, 1.82) is 0 Å². The highest BCUT2D eigenvalue weighted by Gasteiger charge is 2.42. The lowest BCUT2D eigenvalue weighted by Gasteiger charge is -2.31. The van der Waals surface area contributed by atoms with Gasteiger partial charge in [-0.1, -0.05) is 30.3 Å². The molecule has 2 heterocycles. The lowest BCUT2D eigenvalue weighted by atomic mass is 10.1. The van der Waals surface area contributed by atoms with Gasteiger partial charge in [-0.15, -0.1) is 11.8 Å². The summed E-state index contributed by atoms with van der Waals surface area (Å²) in [7, 11) is 3.73. The van der Waals surface area contributed by atoms with Crippen LogP contribution in [-0.2, 0) is 17.6 Å². The van der Waals surface area contributed by atoms with Crippen molar-refractivity contribution < 1.29 is 4.79 Å². The van der Waals surface area contributed by atoms with Crippen molar-refractivity contribution in [2.24, 2.45) is 0 Å². The Bertz CT molecular complexity index is 755. The average Bonchev–Trinajstić information content (AvgIpc) is 3.25. The van der Waals surface area contributed by atoms with Gasteiger partial charge in [0, 0.05) is 38.1 Å². The second-order valence-corrected chi connectivity index (χ2v) is 8.74. The molecule has 1 aromatic heterocycles. The molecule has 1 aliphatic carbocycles. The molecule has 26 heavy (non-hydrogen) atoms. The molecular weight excluding hydrogens is 342 g/mol. The summed E-state index contributed by atoms with van der Waals surface area (Å²) in [5.41, 5.74) is 2.88. The Kier molecular flexibility index (Phi) is 5.00. The Labute approximate surface area is 159 Å². The topological polar surface area (TPSA) is 36.4 Å². The predicted molar refractivity (Wildman–Crippen MR) is 105 cm³/mol. The van der Waals surface area contributed by atoms with E-state index in [9.17, 15) is 4.79 Å². The molecule has 2 atom stereocenters. The molecule has 0 radical (unpaired) electrons. The minimum Gasteiger partial charge on any atom is -0.347 e. The monoisotopic (exact) mass is 367 g/mol. The normalized spacial score (nSPS) is 23.2. The van der Waals surface area contributed by atoms with E-state index in [-0.39, 0.29) is 11.9 Å². The molecule has 4 rings (SSSR count). The Morgan fingerprint density at radius 1 is 1.12 bits per heavy atom. The van der Waals surface area contributed by atoms with E-state index in [1.165, 1.54) is 11.1 Å². The third-order valence-electron chi connectivity index (χ3n) is 5.45. The number of amides is 1. The van der Waals surface area contributed by atoms with Crippen LogP contribution in [-0.4, -0.2) is 58.7 Å². The van der Waals surface area contributed by atoms with E-state index in [0.717, 1.165) is 30.8 Å². The molecule has 1 amide bonds. The third-order valence-corrected chi connectivity index (χ3v) is 6.61. The molecule has 1 saturated heterocycles. The molecule has 4 nitrogen and oxygen atoms in total. The molecule has 5 heteroatoms. The largest absolute Gasteiger partial charge is 0.347 e. The zero-order valence-electron chi connectivity index (χ0n) is 15.3. The number of carbonyl (C=O) groups is 1. The highest BCUT2D eigenvalue weighted by atomic mass is 32.2. The first-order valence-electron chi connectivity index (χ1n) is 9.23. The van der Waals surface area contributed by atoms with Crippen molar-refractivity contribution >= 4 is 17.7 Å². The number of likely N-dealkylation sites (N-methyl/N-ethyl adjacent to an activating group) is 1. The zero-order chi connectivity index (χ0) is 18.1. The van der Waals surface area contributed by atoms with Crippen molar-refractivity contribution in [3.63, 3.8) is 0 Å². The molecule has 1 fully saturated rings. The van der Waals surface area contributed by atoms with E-state index in [1.54, 1.807) is 16.7 Å². The summed E-state index contributed by atoms with van der Waals surface area (Å²) in [5.74, 6) is 0.227. The molecule has 136 valence electrons. The van der Waals surface area contributed by atoms with Gasteiger partial charge in [-0.25, -0.2) is 4.98 Å². The zero-order valence-corrected chi connectivity index (χ0v) is 16.2. The number of pyridine rings is 1. The number of thioether (sulfide) groups is 1. The van der Waals surface area contributed by atoms with Gasteiger partial charge in [-0.3, -0.25) is 9.69 Å². The summed E-state index contributed by atoms with van der Waals surface area (Å²) in [4.78, 5) is 21.5. The summed E-state index contributed by atoms with van der Waals surface area (Å²) in [6, 6.07) is 15.1. The summed E-state index contributed by atoms with van der Waals surface area (Å²) < 4.78 is 0. The van der Waals surface area contributed by atoms with Gasteiger partial charge in [0.1, 0.15) is 0 Å². The van der Waals surface area contributed by atoms with Crippen LogP contribution in [0.3, 0.4) is 0 Å². The minimum atomic E-state index is -0.0227. The number of carbonyl (C=O) groups excluding carboxylic acids is 1. The minimum absolute atomic E-state index is 0.0227. The van der Waals surface area contributed by atoms with E-state index >= 15 is 0 Å². The van der Waals surface area contributed by atoms with Gasteiger partial charge in [0.2, 0.25) is 5.91 Å². The molecule has 0 saturated carbocycles. The van der Waals surface area contributed by atoms with E-state index in [2.05, 4.69) is 40.2 Å². The number of hydrogen-bond acceptors (Lipinski definition) is 4. The number of rotatable bonds is 4. The van der Waals surface area contributed by atoms with Crippen LogP contribution in [0.25, 0.3) is 0 Å². The molecular formula is C21H25N3OS. The van der Waals surface area contributed by atoms with Crippen molar-refractivity contribution in [2.75, 3.05) is 20.6 Å². The molecule has 1 aliphatic heterocycles. The summed E-state index contributed by atoms with van der Waals surface area (Å²) in [6.45, 7) is 0.949. The maximum absolute atomic E-state index is 12.8. The summed E-state index contributed by atoms with van der Waals surface area (Å²) >= 11 is 1.81. The van der Waals surface area contributed by atoms with Gasteiger partial charge in [0.05, 0.1) is 11.1 Å². The number of hydrogen-bond donors (Lipinski definition) is 0. The summed E-state index contributed by atoms with van der Waals surface area (Å²) in [6.07, 6.45) is 4.83. The van der Waals surface area contributed by atoms with Crippen molar-refractivity contribution in [2.45, 2.75) is 41.6 Å².